The van der Waals surface area contributed by atoms with Gasteiger partial charge in [-0.2, -0.15) is 0 Å². The average molecular weight is 284 g/mol. The fraction of sp³-hybridized carbons (Fsp3) is 0.471. The van der Waals surface area contributed by atoms with Crippen LogP contribution in [0.5, 0.6) is 0 Å². The van der Waals surface area contributed by atoms with E-state index in [1.807, 2.05) is 12.4 Å². The number of hydrogen-bond donors (Lipinski definition) is 2. The molecular formula is C17H24N4. The zero-order valence-electron chi connectivity index (χ0n) is 12.6. The van der Waals surface area contributed by atoms with Crippen molar-refractivity contribution in [1.82, 2.24) is 15.3 Å². The van der Waals surface area contributed by atoms with Gasteiger partial charge >= 0.3 is 0 Å². The Bertz CT molecular complexity index is 515. The standard InChI is InChI=1S/C17H24N4/c1-2-16(17-18-10-11-19-17)20-14-8-12-21(13-9-14)15-6-4-3-5-7-15/h3-7,10-11,14,16,20H,2,8-9,12-13H2,1H3,(H,18,19). The maximum Gasteiger partial charge on any atom is 0.123 e. The summed E-state index contributed by atoms with van der Waals surface area (Å²) in [6, 6.07) is 11.6. The molecule has 112 valence electrons. The normalized spacial score (nSPS) is 17.9. The molecule has 1 aliphatic heterocycles. The van der Waals surface area contributed by atoms with Crippen molar-refractivity contribution < 1.29 is 0 Å². The minimum Gasteiger partial charge on any atom is -0.371 e. The van der Waals surface area contributed by atoms with E-state index in [4.69, 9.17) is 0 Å². The lowest BCUT2D eigenvalue weighted by atomic mass is 10.0. The molecule has 1 aromatic heterocycles. The lowest BCUT2D eigenvalue weighted by Gasteiger charge is -2.35. The number of nitrogens with one attached hydrogen (secondary N) is 2. The Morgan fingerprint density at radius 3 is 2.67 bits per heavy atom. The summed E-state index contributed by atoms with van der Waals surface area (Å²) < 4.78 is 0. The van der Waals surface area contributed by atoms with E-state index >= 15 is 0 Å². The highest BCUT2D eigenvalue weighted by molar-refractivity contribution is 5.46. The molecule has 21 heavy (non-hydrogen) atoms. The number of aromatic amines is 1. The van der Waals surface area contributed by atoms with Gasteiger partial charge < -0.3 is 15.2 Å². The molecule has 0 spiro atoms. The Morgan fingerprint density at radius 1 is 1.29 bits per heavy atom. The Labute approximate surface area is 126 Å². The summed E-state index contributed by atoms with van der Waals surface area (Å²) in [5.74, 6) is 1.06. The predicted molar refractivity (Wildman–Crippen MR) is 86.4 cm³/mol. The smallest absolute Gasteiger partial charge is 0.123 e. The number of H-pyrrole nitrogens is 1. The molecule has 2 heterocycles. The van der Waals surface area contributed by atoms with Crippen LogP contribution < -0.4 is 10.2 Å². The topological polar surface area (TPSA) is 44.0 Å². The van der Waals surface area contributed by atoms with E-state index in [0.717, 1.165) is 25.3 Å². The molecule has 0 amide bonds. The molecule has 2 aromatic rings. The molecule has 3 rings (SSSR count). The van der Waals surface area contributed by atoms with E-state index in [0.29, 0.717) is 12.1 Å². The van der Waals surface area contributed by atoms with E-state index in [-0.39, 0.29) is 0 Å². The van der Waals surface area contributed by atoms with Gasteiger partial charge in [-0.3, -0.25) is 0 Å². The van der Waals surface area contributed by atoms with Crippen molar-refractivity contribution in [1.29, 1.82) is 0 Å². The molecule has 0 bridgehead atoms. The van der Waals surface area contributed by atoms with Crippen molar-refractivity contribution in [3.8, 4) is 0 Å². The largest absolute Gasteiger partial charge is 0.371 e. The third-order valence-corrected chi connectivity index (χ3v) is 4.31. The monoisotopic (exact) mass is 284 g/mol. The summed E-state index contributed by atoms with van der Waals surface area (Å²) in [5, 5.41) is 3.76. The highest BCUT2D eigenvalue weighted by atomic mass is 15.2. The summed E-state index contributed by atoms with van der Waals surface area (Å²) in [6.07, 6.45) is 7.17. The minimum atomic E-state index is 0.341. The van der Waals surface area contributed by atoms with Gasteiger partial charge in [-0.25, -0.2) is 4.98 Å². The van der Waals surface area contributed by atoms with E-state index in [1.54, 1.807) is 0 Å². The molecule has 4 nitrogen and oxygen atoms in total. The molecule has 0 radical (unpaired) electrons. The van der Waals surface area contributed by atoms with E-state index in [9.17, 15) is 0 Å². The van der Waals surface area contributed by atoms with Gasteiger partial charge in [-0.1, -0.05) is 25.1 Å². The summed E-state index contributed by atoms with van der Waals surface area (Å²) >= 11 is 0. The first-order valence-electron chi connectivity index (χ1n) is 7.92. The van der Waals surface area contributed by atoms with Gasteiger partial charge in [0.15, 0.2) is 0 Å². The zero-order chi connectivity index (χ0) is 14.5. The number of anilines is 1. The van der Waals surface area contributed by atoms with Crippen LogP contribution in [-0.4, -0.2) is 29.1 Å². The number of para-hydroxylation sites is 1. The van der Waals surface area contributed by atoms with Crippen molar-refractivity contribution in [3.05, 3.63) is 48.5 Å². The zero-order valence-corrected chi connectivity index (χ0v) is 12.6. The summed E-state index contributed by atoms with van der Waals surface area (Å²) in [6.45, 7) is 4.45. The first-order valence-corrected chi connectivity index (χ1v) is 7.92. The van der Waals surface area contributed by atoms with Crippen LogP contribution in [-0.2, 0) is 0 Å². The van der Waals surface area contributed by atoms with Crippen LogP contribution in [0.1, 0.15) is 38.1 Å². The van der Waals surface area contributed by atoms with E-state index in [1.165, 1.54) is 18.5 Å². The molecule has 4 heteroatoms. The van der Waals surface area contributed by atoms with Gasteiger partial charge in [0.25, 0.3) is 0 Å². The number of benzene rings is 1. The first-order chi connectivity index (χ1) is 10.4. The molecule has 1 aromatic carbocycles. The molecule has 0 saturated carbocycles. The number of rotatable bonds is 5. The second-order valence-electron chi connectivity index (χ2n) is 5.70. The average Bonchev–Trinajstić information content (AvgIpc) is 3.08. The summed E-state index contributed by atoms with van der Waals surface area (Å²) in [7, 11) is 0. The summed E-state index contributed by atoms with van der Waals surface area (Å²) in [5.41, 5.74) is 1.34. The highest BCUT2D eigenvalue weighted by Gasteiger charge is 2.22. The van der Waals surface area contributed by atoms with Crippen LogP contribution in [0.15, 0.2) is 42.7 Å². The highest BCUT2D eigenvalue weighted by Crippen LogP contribution is 2.22. The number of piperidine rings is 1. The van der Waals surface area contributed by atoms with Crippen LogP contribution in [0.3, 0.4) is 0 Å². The fourth-order valence-electron chi connectivity index (χ4n) is 3.09. The van der Waals surface area contributed by atoms with Gasteiger partial charge in [0, 0.05) is 37.2 Å². The molecule has 2 N–H and O–H groups in total. The Balaban J connectivity index is 1.54. The molecule has 1 atom stereocenters. The van der Waals surface area contributed by atoms with Crippen LogP contribution in [0, 0.1) is 0 Å². The molecule has 1 saturated heterocycles. The third kappa shape index (κ3) is 3.45. The van der Waals surface area contributed by atoms with Gasteiger partial charge in [0.1, 0.15) is 5.82 Å². The van der Waals surface area contributed by atoms with Crippen LogP contribution >= 0.6 is 0 Å². The lowest BCUT2D eigenvalue weighted by molar-refractivity contribution is 0.357. The quantitative estimate of drug-likeness (QED) is 0.886. The van der Waals surface area contributed by atoms with Crippen molar-refractivity contribution in [2.45, 2.75) is 38.3 Å². The number of imidazole rings is 1. The molecule has 1 aliphatic rings. The van der Waals surface area contributed by atoms with Gasteiger partial charge in [0.2, 0.25) is 0 Å². The number of hydrogen-bond acceptors (Lipinski definition) is 3. The van der Waals surface area contributed by atoms with Gasteiger partial charge in [0.05, 0.1) is 6.04 Å². The molecule has 0 aliphatic carbocycles. The second kappa shape index (κ2) is 6.76. The van der Waals surface area contributed by atoms with E-state index in [2.05, 4.69) is 57.4 Å². The Kier molecular flexibility index (Phi) is 4.55. The molecular weight excluding hydrogens is 260 g/mol. The lowest BCUT2D eigenvalue weighted by Crippen LogP contribution is -2.43. The van der Waals surface area contributed by atoms with Crippen LogP contribution in [0.25, 0.3) is 0 Å². The SMILES string of the molecule is CCC(NC1CCN(c2ccccc2)CC1)c1ncc[nH]1. The number of aromatic nitrogens is 2. The van der Waals surface area contributed by atoms with Crippen molar-refractivity contribution in [2.24, 2.45) is 0 Å². The van der Waals surface area contributed by atoms with E-state index < -0.39 is 0 Å². The maximum absolute atomic E-state index is 4.39. The summed E-state index contributed by atoms with van der Waals surface area (Å²) in [4.78, 5) is 10.1. The van der Waals surface area contributed by atoms with Crippen molar-refractivity contribution in [2.75, 3.05) is 18.0 Å². The Morgan fingerprint density at radius 2 is 2.05 bits per heavy atom. The maximum atomic E-state index is 4.39. The Hall–Kier alpha value is -1.81. The minimum absolute atomic E-state index is 0.341. The first kappa shape index (κ1) is 14.1. The fourth-order valence-corrected chi connectivity index (χ4v) is 3.09. The second-order valence-corrected chi connectivity index (χ2v) is 5.70. The number of nitrogens with zero attached hydrogens (tertiary/aromatic N) is 2. The van der Waals surface area contributed by atoms with Crippen LogP contribution in [0.2, 0.25) is 0 Å². The van der Waals surface area contributed by atoms with Crippen LogP contribution in [0.4, 0.5) is 5.69 Å². The third-order valence-electron chi connectivity index (χ3n) is 4.31. The molecule has 1 fully saturated rings. The van der Waals surface area contributed by atoms with Gasteiger partial charge in [-0.15, -0.1) is 0 Å². The molecule has 1 unspecified atom stereocenters. The predicted octanol–water partition coefficient (Wildman–Crippen LogP) is 3.12. The van der Waals surface area contributed by atoms with Crippen molar-refractivity contribution >= 4 is 5.69 Å². The van der Waals surface area contributed by atoms with Gasteiger partial charge in [-0.05, 0) is 31.4 Å². The van der Waals surface area contributed by atoms with Crippen molar-refractivity contribution in [3.63, 3.8) is 0 Å².